The normalized spacial score (nSPS) is 17.9. The average molecular weight is 277 g/mol. The second kappa shape index (κ2) is 6.47. The van der Waals surface area contributed by atoms with Crippen LogP contribution in [0.4, 0.5) is 5.69 Å². The summed E-state index contributed by atoms with van der Waals surface area (Å²) in [7, 11) is 0. The van der Waals surface area contributed by atoms with Crippen LogP contribution in [-0.4, -0.2) is 45.6 Å². The monoisotopic (exact) mass is 277 g/mol. The van der Waals surface area contributed by atoms with Crippen molar-refractivity contribution in [3.05, 3.63) is 24.5 Å². The molecule has 1 unspecified atom stereocenters. The van der Waals surface area contributed by atoms with E-state index in [0.29, 0.717) is 6.42 Å². The van der Waals surface area contributed by atoms with E-state index < -0.39 is 0 Å². The van der Waals surface area contributed by atoms with E-state index >= 15 is 0 Å². The highest BCUT2D eigenvalue weighted by atomic mass is 32.2. The Balaban J connectivity index is 2.03. The van der Waals surface area contributed by atoms with Gasteiger partial charge < -0.3 is 5.32 Å². The topological polar surface area (TPSA) is 57.4 Å². The molecule has 0 aliphatic carbocycles. The zero-order valence-electron chi connectivity index (χ0n) is 11.0. The van der Waals surface area contributed by atoms with E-state index in [1.165, 1.54) is 0 Å². The SMILES string of the molecule is CSCCC(=O)NC1C=[N+](c2cccnc2)N=C1C. The Morgan fingerprint density at radius 3 is 3.11 bits per heavy atom. The van der Waals surface area contributed by atoms with Crippen molar-refractivity contribution in [2.75, 3.05) is 12.0 Å². The van der Waals surface area contributed by atoms with Crippen molar-refractivity contribution in [1.29, 1.82) is 0 Å². The molecular weight excluding hydrogens is 260 g/mol. The van der Waals surface area contributed by atoms with E-state index in [9.17, 15) is 4.79 Å². The average Bonchev–Trinajstić information content (AvgIpc) is 2.79. The standard InChI is InChI=1S/C13H16N4OS/c1-10-12(15-13(18)5-7-19-2)9-17(16-10)11-4-3-6-14-8-11/h3-4,6,8-9,12H,5,7H2,1-2H3/p+1. The molecule has 1 atom stereocenters. The van der Waals surface area contributed by atoms with Gasteiger partial charge in [0.1, 0.15) is 11.9 Å². The summed E-state index contributed by atoms with van der Waals surface area (Å²) in [6, 6.07) is 3.66. The summed E-state index contributed by atoms with van der Waals surface area (Å²) >= 11 is 1.67. The number of rotatable bonds is 5. The third-order valence-electron chi connectivity index (χ3n) is 2.77. The molecular formula is C13H17N4OS+. The predicted octanol–water partition coefficient (Wildman–Crippen LogP) is 1.42. The van der Waals surface area contributed by atoms with Crippen LogP contribution in [0.1, 0.15) is 13.3 Å². The minimum absolute atomic E-state index is 0.0539. The number of amides is 1. The number of carbonyl (C=O) groups is 1. The van der Waals surface area contributed by atoms with Crippen molar-refractivity contribution < 1.29 is 9.48 Å². The van der Waals surface area contributed by atoms with Gasteiger partial charge in [-0.05, 0) is 24.3 Å². The number of hydrazone groups is 1. The van der Waals surface area contributed by atoms with Gasteiger partial charge in [-0.2, -0.15) is 11.8 Å². The zero-order chi connectivity index (χ0) is 13.7. The molecule has 2 heterocycles. The molecule has 19 heavy (non-hydrogen) atoms. The van der Waals surface area contributed by atoms with Crippen molar-refractivity contribution >= 4 is 35.3 Å². The first-order valence-corrected chi connectivity index (χ1v) is 7.47. The lowest BCUT2D eigenvalue weighted by molar-refractivity contribution is -0.437. The van der Waals surface area contributed by atoms with Crippen LogP contribution in [-0.2, 0) is 4.79 Å². The van der Waals surface area contributed by atoms with Crippen LogP contribution in [0.2, 0.25) is 0 Å². The van der Waals surface area contributed by atoms with Crippen LogP contribution < -0.4 is 5.32 Å². The fourth-order valence-electron chi connectivity index (χ4n) is 1.73. The molecule has 0 radical (unpaired) electrons. The molecule has 1 aliphatic heterocycles. The minimum Gasteiger partial charge on any atom is -0.339 e. The maximum atomic E-state index is 11.7. The summed E-state index contributed by atoms with van der Waals surface area (Å²) in [5.41, 5.74) is 1.77. The van der Waals surface area contributed by atoms with E-state index in [0.717, 1.165) is 17.2 Å². The van der Waals surface area contributed by atoms with Gasteiger partial charge in [-0.3, -0.25) is 9.78 Å². The number of aromatic nitrogens is 1. The fraction of sp³-hybridized carbons (Fsp3) is 0.385. The second-order valence-corrected chi connectivity index (χ2v) is 5.22. The van der Waals surface area contributed by atoms with Gasteiger partial charge in [0.25, 0.3) is 5.69 Å². The number of pyridine rings is 1. The highest BCUT2D eigenvalue weighted by molar-refractivity contribution is 7.98. The third kappa shape index (κ3) is 3.64. The molecule has 1 amide bonds. The van der Waals surface area contributed by atoms with E-state index in [1.54, 1.807) is 28.8 Å². The fourth-order valence-corrected chi connectivity index (χ4v) is 2.12. The highest BCUT2D eigenvalue weighted by Crippen LogP contribution is 2.12. The summed E-state index contributed by atoms with van der Waals surface area (Å²) in [6.45, 7) is 1.91. The number of carbonyl (C=O) groups excluding carboxylic acids is 1. The number of hydrogen-bond donors (Lipinski definition) is 1. The first kappa shape index (κ1) is 13.7. The van der Waals surface area contributed by atoms with Crippen molar-refractivity contribution in [1.82, 2.24) is 10.3 Å². The molecule has 5 nitrogen and oxygen atoms in total. The molecule has 0 saturated heterocycles. The molecule has 0 aromatic carbocycles. The van der Waals surface area contributed by atoms with E-state index in [1.807, 2.05) is 31.5 Å². The molecule has 0 fully saturated rings. The third-order valence-corrected chi connectivity index (χ3v) is 3.38. The summed E-state index contributed by atoms with van der Waals surface area (Å²) in [5.74, 6) is 0.888. The molecule has 0 spiro atoms. The summed E-state index contributed by atoms with van der Waals surface area (Å²) < 4.78 is 1.75. The van der Waals surface area contributed by atoms with Crippen LogP contribution in [0.15, 0.2) is 29.6 Å². The molecule has 1 aliphatic rings. The molecule has 100 valence electrons. The van der Waals surface area contributed by atoms with Crippen molar-refractivity contribution in [2.24, 2.45) is 5.10 Å². The van der Waals surface area contributed by atoms with Crippen LogP contribution in [0.25, 0.3) is 0 Å². The van der Waals surface area contributed by atoms with Crippen LogP contribution in [0, 0.1) is 0 Å². The quantitative estimate of drug-likeness (QED) is 0.828. The molecule has 0 bridgehead atoms. The van der Waals surface area contributed by atoms with Crippen molar-refractivity contribution in [3.63, 3.8) is 0 Å². The maximum Gasteiger partial charge on any atom is 0.255 e. The summed E-state index contributed by atoms with van der Waals surface area (Å²) in [5, 5.41) is 7.37. The van der Waals surface area contributed by atoms with Gasteiger partial charge in [0.05, 0.1) is 0 Å². The van der Waals surface area contributed by atoms with Gasteiger partial charge in [0.15, 0.2) is 6.04 Å². The lowest BCUT2D eigenvalue weighted by atomic mass is 10.2. The van der Waals surface area contributed by atoms with Gasteiger partial charge in [0.2, 0.25) is 12.1 Å². The Morgan fingerprint density at radius 2 is 2.42 bits per heavy atom. The highest BCUT2D eigenvalue weighted by Gasteiger charge is 2.27. The Labute approximate surface area is 116 Å². The van der Waals surface area contributed by atoms with Crippen LogP contribution >= 0.6 is 11.8 Å². The lowest BCUT2D eigenvalue weighted by Gasteiger charge is -2.06. The number of thioether (sulfide) groups is 1. The Bertz CT molecular complexity index is 513. The van der Waals surface area contributed by atoms with Crippen LogP contribution in [0.3, 0.4) is 0 Å². The maximum absolute atomic E-state index is 11.7. The number of hydrogen-bond acceptors (Lipinski definition) is 4. The van der Waals surface area contributed by atoms with E-state index in [4.69, 9.17) is 0 Å². The molecule has 1 aromatic rings. The van der Waals surface area contributed by atoms with Gasteiger partial charge in [-0.1, -0.05) is 4.68 Å². The first-order chi connectivity index (χ1) is 9.20. The Kier molecular flexibility index (Phi) is 4.68. The molecule has 0 saturated carbocycles. The first-order valence-electron chi connectivity index (χ1n) is 6.08. The van der Waals surface area contributed by atoms with Crippen LogP contribution in [0.5, 0.6) is 0 Å². The predicted molar refractivity (Wildman–Crippen MR) is 78.3 cm³/mol. The zero-order valence-corrected chi connectivity index (χ0v) is 11.9. The van der Waals surface area contributed by atoms with E-state index in [2.05, 4.69) is 15.4 Å². The smallest absolute Gasteiger partial charge is 0.255 e. The summed E-state index contributed by atoms with van der Waals surface area (Å²) in [4.78, 5) is 15.8. The van der Waals surface area contributed by atoms with Crippen molar-refractivity contribution in [3.8, 4) is 0 Å². The van der Waals surface area contributed by atoms with Crippen molar-refractivity contribution in [2.45, 2.75) is 19.4 Å². The van der Waals surface area contributed by atoms with Gasteiger partial charge in [-0.15, -0.1) is 0 Å². The second-order valence-electron chi connectivity index (χ2n) is 4.23. The molecule has 1 aromatic heterocycles. The summed E-state index contributed by atoms with van der Waals surface area (Å²) in [6.07, 6.45) is 7.88. The Hall–Kier alpha value is -1.69. The minimum atomic E-state index is -0.130. The Morgan fingerprint density at radius 1 is 1.58 bits per heavy atom. The number of nitrogens with zero attached hydrogens (tertiary/aromatic N) is 3. The molecule has 6 heteroatoms. The van der Waals surface area contributed by atoms with E-state index in [-0.39, 0.29) is 11.9 Å². The van der Waals surface area contributed by atoms with Gasteiger partial charge in [0, 0.05) is 24.4 Å². The molecule has 2 rings (SSSR count). The van der Waals surface area contributed by atoms with Gasteiger partial charge in [-0.25, -0.2) is 0 Å². The number of nitrogens with one attached hydrogen (secondary N) is 1. The molecule has 1 N–H and O–H groups in total. The lowest BCUT2D eigenvalue weighted by Crippen LogP contribution is -2.39. The van der Waals surface area contributed by atoms with Gasteiger partial charge >= 0.3 is 0 Å². The largest absolute Gasteiger partial charge is 0.339 e.